The lowest BCUT2D eigenvalue weighted by molar-refractivity contribution is -0.705. The van der Waals surface area contributed by atoms with Gasteiger partial charge in [0.25, 0.3) is 5.91 Å². The number of nitrogens with two attached hydrogens (primary N) is 1. The van der Waals surface area contributed by atoms with Gasteiger partial charge in [-0.2, -0.15) is 0 Å². The summed E-state index contributed by atoms with van der Waals surface area (Å²) in [6, 6.07) is 19.7. The smallest absolute Gasteiger partial charge is 0.280 e. The zero-order valence-corrected chi connectivity index (χ0v) is 16.6. The van der Waals surface area contributed by atoms with Crippen molar-refractivity contribution < 1.29 is 18.5 Å². The van der Waals surface area contributed by atoms with Gasteiger partial charge in [-0.1, -0.05) is 60.7 Å². The SMILES string of the molecule is C[C@@H]([NH2+]C(c1ccccc1)c1ccccc1)C(=O)N(C)[C@H]1CCS(=O)(=O)C1. The van der Waals surface area contributed by atoms with Crippen LogP contribution in [0.1, 0.15) is 30.5 Å². The van der Waals surface area contributed by atoms with Crippen LogP contribution in [0.4, 0.5) is 0 Å². The van der Waals surface area contributed by atoms with Gasteiger partial charge in [-0.3, -0.25) is 4.79 Å². The lowest BCUT2D eigenvalue weighted by Crippen LogP contribution is -2.92. The van der Waals surface area contributed by atoms with Crippen LogP contribution in [0.15, 0.2) is 60.7 Å². The van der Waals surface area contributed by atoms with Crippen molar-refractivity contribution in [2.75, 3.05) is 18.6 Å². The highest BCUT2D eigenvalue weighted by molar-refractivity contribution is 7.91. The van der Waals surface area contributed by atoms with Crippen LogP contribution in [0.25, 0.3) is 0 Å². The molecular weight excluding hydrogens is 360 g/mol. The Balaban J connectivity index is 1.76. The molecule has 2 aromatic carbocycles. The highest BCUT2D eigenvalue weighted by Gasteiger charge is 2.35. The van der Waals surface area contributed by atoms with Crippen LogP contribution in [-0.4, -0.2) is 49.9 Å². The summed E-state index contributed by atoms with van der Waals surface area (Å²) in [6.07, 6.45) is 0.526. The Morgan fingerprint density at radius 1 is 1.04 bits per heavy atom. The zero-order valence-electron chi connectivity index (χ0n) is 15.8. The van der Waals surface area contributed by atoms with E-state index in [4.69, 9.17) is 0 Å². The summed E-state index contributed by atoms with van der Waals surface area (Å²) >= 11 is 0. The van der Waals surface area contributed by atoms with Crippen LogP contribution in [0.3, 0.4) is 0 Å². The second-order valence-corrected chi connectivity index (χ2v) is 9.51. The van der Waals surface area contributed by atoms with E-state index in [1.807, 2.05) is 43.3 Å². The molecule has 0 aliphatic carbocycles. The fraction of sp³-hybridized carbons (Fsp3) is 0.381. The molecule has 2 atom stereocenters. The van der Waals surface area contributed by atoms with E-state index < -0.39 is 9.84 Å². The second-order valence-electron chi connectivity index (χ2n) is 7.29. The lowest BCUT2D eigenvalue weighted by Gasteiger charge is -2.27. The number of amides is 1. The van der Waals surface area contributed by atoms with Gasteiger partial charge in [0.15, 0.2) is 15.9 Å². The molecule has 144 valence electrons. The van der Waals surface area contributed by atoms with E-state index in [0.717, 1.165) is 11.1 Å². The van der Waals surface area contributed by atoms with Crippen molar-refractivity contribution in [1.82, 2.24) is 4.90 Å². The number of benzene rings is 2. The molecule has 3 rings (SSSR count). The van der Waals surface area contributed by atoms with Crippen LogP contribution < -0.4 is 5.32 Å². The third kappa shape index (κ3) is 4.76. The first-order valence-corrected chi connectivity index (χ1v) is 11.1. The molecular formula is C21H27N2O3S+. The van der Waals surface area contributed by atoms with Gasteiger partial charge in [0.05, 0.1) is 11.5 Å². The Morgan fingerprint density at radius 2 is 1.56 bits per heavy atom. The maximum absolute atomic E-state index is 12.9. The first-order valence-electron chi connectivity index (χ1n) is 9.29. The van der Waals surface area contributed by atoms with E-state index in [1.165, 1.54) is 0 Å². The number of hydrogen-bond donors (Lipinski definition) is 1. The molecule has 1 saturated heterocycles. The van der Waals surface area contributed by atoms with Crippen molar-refractivity contribution in [3.05, 3.63) is 71.8 Å². The average Bonchev–Trinajstić information content (AvgIpc) is 3.06. The molecule has 0 radical (unpaired) electrons. The minimum atomic E-state index is -3.01. The Labute approximate surface area is 161 Å². The fourth-order valence-corrected chi connectivity index (χ4v) is 5.46. The molecule has 27 heavy (non-hydrogen) atoms. The summed E-state index contributed by atoms with van der Waals surface area (Å²) in [4.78, 5) is 14.6. The van der Waals surface area contributed by atoms with Crippen molar-refractivity contribution in [2.24, 2.45) is 0 Å². The van der Waals surface area contributed by atoms with Crippen LogP contribution in [0.5, 0.6) is 0 Å². The molecule has 0 aromatic heterocycles. The van der Waals surface area contributed by atoms with E-state index in [9.17, 15) is 13.2 Å². The quantitative estimate of drug-likeness (QED) is 0.814. The summed E-state index contributed by atoms with van der Waals surface area (Å²) in [6.45, 7) is 1.89. The zero-order chi connectivity index (χ0) is 19.4. The molecule has 1 amide bonds. The van der Waals surface area contributed by atoms with E-state index in [1.54, 1.807) is 11.9 Å². The Morgan fingerprint density at radius 3 is 2.00 bits per heavy atom. The summed E-state index contributed by atoms with van der Waals surface area (Å²) in [5, 5.41) is 2.06. The summed E-state index contributed by atoms with van der Waals surface area (Å²) in [5.41, 5.74) is 2.27. The number of carbonyl (C=O) groups is 1. The molecule has 0 spiro atoms. The lowest BCUT2D eigenvalue weighted by atomic mass is 9.97. The highest BCUT2D eigenvalue weighted by Crippen LogP contribution is 2.19. The summed E-state index contributed by atoms with van der Waals surface area (Å²) in [5.74, 6) is 0.209. The van der Waals surface area contributed by atoms with Gasteiger partial charge in [-0.15, -0.1) is 0 Å². The van der Waals surface area contributed by atoms with Gasteiger partial charge >= 0.3 is 0 Å². The third-order valence-corrected chi connectivity index (χ3v) is 7.04. The van der Waals surface area contributed by atoms with E-state index in [2.05, 4.69) is 29.6 Å². The Kier molecular flexibility index (Phi) is 5.97. The highest BCUT2D eigenvalue weighted by atomic mass is 32.2. The monoisotopic (exact) mass is 387 g/mol. The molecule has 5 nitrogen and oxygen atoms in total. The van der Waals surface area contributed by atoms with Gasteiger partial charge in [-0.05, 0) is 13.3 Å². The molecule has 0 saturated carbocycles. The van der Waals surface area contributed by atoms with Gasteiger partial charge < -0.3 is 10.2 Å². The van der Waals surface area contributed by atoms with Crippen LogP contribution >= 0.6 is 0 Å². The van der Waals surface area contributed by atoms with E-state index >= 15 is 0 Å². The number of nitrogens with zero attached hydrogens (tertiary/aromatic N) is 1. The molecule has 1 aliphatic heterocycles. The predicted octanol–water partition coefficient (Wildman–Crippen LogP) is 1.37. The molecule has 2 N–H and O–H groups in total. The topological polar surface area (TPSA) is 71.1 Å². The van der Waals surface area contributed by atoms with Gasteiger partial charge in [-0.25, -0.2) is 8.42 Å². The van der Waals surface area contributed by atoms with Gasteiger partial charge in [0.1, 0.15) is 6.04 Å². The fourth-order valence-electron chi connectivity index (χ4n) is 3.69. The van der Waals surface area contributed by atoms with Crippen molar-refractivity contribution in [1.29, 1.82) is 0 Å². The van der Waals surface area contributed by atoms with Crippen molar-refractivity contribution in [3.8, 4) is 0 Å². The molecule has 1 fully saturated rings. The molecule has 6 heteroatoms. The van der Waals surface area contributed by atoms with Gasteiger partial charge in [0.2, 0.25) is 0 Å². The normalized spacial score (nSPS) is 19.7. The van der Waals surface area contributed by atoms with Crippen molar-refractivity contribution in [2.45, 2.75) is 31.5 Å². The van der Waals surface area contributed by atoms with Crippen molar-refractivity contribution >= 4 is 15.7 Å². The van der Waals surface area contributed by atoms with Crippen LogP contribution in [-0.2, 0) is 14.6 Å². The Bertz CT molecular complexity index is 829. The van der Waals surface area contributed by atoms with Crippen LogP contribution in [0.2, 0.25) is 0 Å². The molecule has 1 aliphatic rings. The van der Waals surface area contributed by atoms with Gasteiger partial charge in [0, 0.05) is 24.2 Å². The molecule has 0 unspecified atom stereocenters. The number of rotatable bonds is 6. The number of carbonyl (C=O) groups excluding carboxylic acids is 1. The first-order chi connectivity index (χ1) is 12.9. The predicted molar refractivity (Wildman–Crippen MR) is 106 cm³/mol. The average molecular weight is 388 g/mol. The molecule has 0 bridgehead atoms. The Hall–Kier alpha value is -2.18. The minimum absolute atomic E-state index is 0.00654. The van der Waals surface area contributed by atoms with E-state index in [-0.39, 0.29) is 35.5 Å². The minimum Gasteiger partial charge on any atom is -0.337 e. The maximum Gasteiger partial charge on any atom is 0.280 e. The molecule has 2 aromatic rings. The van der Waals surface area contributed by atoms with Crippen LogP contribution in [0, 0.1) is 0 Å². The molecule has 1 heterocycles. The number of likely N-dealkylation sites (N-methyl/N-ethyl adjacent to an activating group) is 1. The standard InChI is InChI=1S/C21H26N2O3S/c1-16(21(24)23(2)19-13-14-27(25,26)15-19)22-20(17-9-5-3-6-10-17)18-11-7-4-8-12-18/h3-12,16,19-20,22H,13-15H2,1-2H3/p+1/t16-,19+/m1/s1. The second kappa shape index (κ2) is 8.23. The largest absolute Gasteiger partial charge is 0.337 e. The number of hydrogen-bond acceptors (Lipinski definition) is 3. The maximum atomic E-state index is 12.9. The summed E-state index contributed by atoms with van der Waals surface area (Å²) < 4.78 is 23.5. The van der Waals surface area contributed by atoms with E-state index in [0.29, 0.717) is 6.42 Å². The van der Waals surface area contributed by atoms with Crippen molar-refractivity contribution in [3.63, 3.8) is 0 Å². The number of sulfone groups is 1. The third-order valence-electron chi connectivity index (χ3n) is 5.29. The number of quaternary nitrogens is 1. The summed E-state index contributed by atoms with van der Waals surface area (Å²) in [7, 11) is -1.29. The first kappa shape index (κ1) is 19.6.